The van der Waals surface area contributed by atoms with E-state index < -0.39 is 39.3 Å². The second-order valence-electron chi connectivity index (χ2n) is 9.35. The van der Waals surface area contributed by atoms with Gasteiger partial charge in [0.2, 0.25) is 11.8 Å². The molecule has 3 aromatic carbocycles. The van der Waals surface area contributed by atoms with E-state index in [1.165, 1.54) is 60.4 Å². The molecule has 0 spiro atoms. The van der Waals surface area contributed by atoms with Gasteiger partial charge in [0, 0.05) is 34.8 Å². The Morgan fingerprint density at radius 2 is 1.68 bits per heavy atom. The maximum absolute atomic E-state index is 13.9. The van der Waals surface area contributed by atoms with Crippen LogP contribution in [0.4, 0.5) is 11.4 Å². The number of amides is 2. The number of hydrogen-bond acceptors (Lipinski definition) is 6. The molecule has 0 aliphatic rings. The summed E-state index contributed by atoms with van der Waals surface area (Å²) in [6, 6.07) is 15.9. The fourth-order valence-corrected chi connectivity index (χ4v) is 5.79. The molecule has 2 amide bonds. The van der Waals surface area contributed by atoms with Gasteiger partial charge in [0.05, 0.1) is 15.5 Å². The van der Waals surface area contributed by atoms with Gasteiger partial charge in [-0.3, -0.25) is 24.0 Å². The van der Waals surface area contributed by atoms with Gasteiger partial charge in [0.15, 0.2) is 0 Å². The minimum atomic E-state index is -4.36. The number of hydrogen-bond donors (Lipinski definition) is 1. The third kappa shape index (κ3) is 7.96. The van der Waals surface area contributed by atoms with Gasteiger partial charge >= 0.3 is 0 Å². The maximum atomic E-state index is 13.9. The van der Waals surface area contributed by atoms with Gasteiger partial charge in [-0.15, -0.1) is 0 Å². The molecule has 13 heteroatoms. The van der Waals surface area contributed by atoms with Crippen LogP contribution in [0.2, 0.25) is 10.0 Å². The number of benzene rings is 3. The van der Waals surface area contributed by atoms with Gasteiger partial charge in [0.1, 0.15) is 12.6 Å². The molecule has 0 saturated carbocycles. The van der Waals surface area contributed by atoms with Crippen molar-refractivity contribution in [2.45, 2.75) is 50.7 Å². The average Bonchev–Trinajstić information content (AvgIpc) is 2.95. The Hall–Kier alpha value is -3.67. The van der Waals surface area contributed by atoms with Crippen molar-refractivity contribution in [3.05, 3.63) is 98.5 Å². The Morgan fingerprint density at radius 1 is 1.00 bits per heavy atom. The van der Waals surface area contributed by atoms with Gasteiger partial charge < -0.3 is 10.2 Å². The van der Waals surface area contributed by atoms with Gasteiger partial charge in [-0.25, -0.2) is 8.42 Å². The molecule has 1 N–H and O–H groups in total. The lowest BCUT2D eigenvalue weighted by Crippen LogP contribution is -2.52. The normalized spacial score (nSPS) is 12.7. The first kappa shape index (κ1) is 31.9. The van der Waals surface area contributed by atoms with E-state index >= 15 is 0 Å². The minimum Gasteiger partial charge on any atom is -0.352 e. The Morgan fingerprint density at radius 3 is 2.29 bits per heavy atom. The zero-order valence-electron chi connectivity index (χ0n) is 22.7. The van der Waals surface area contributed by atoms with Crippen molar-refractivity contribution in [3.8, 4) is 0 Å². The summed E-state index contributed by atoms with van der Waals surface area (Å²) in [5.74, 6) is -1.17. The highest BCUT2D eigenvalue weighted by Gasteiger charge is 2.33. The topological polar surface area (TPSA) is 130 Å². The van der Waals surface area contributed by atoms with Gasteiger partial charge in [-0.05, 0) is 56.2 Å². The second-order valence-corrected chi connectivity index (χ2v) is 12.1. The number of sulfonamides is 1. The lowest BCUT2D eigenvalue weighted by atomic mass is 10.1. The predicted octanol–water partition coefficient (Wildman–Crippen LogP) is 5.43. The predicted molar refractivity (Wildman–Crippen MR) is 158 cm³/mol. The fourth-order valence-electron chi connectivity index (χ4n) is 3.89. The van der Waals surface area contributed by atoms with Crippen LogP contribution in [0.5, 0.6) is 0 Å². The molecule has 0 unspecified atom stereocenters. The number of halogens is 2. The molecule has 2 atom stereocenters. The molecule has 41 heavy (non-hydrogen) atoms. The Balaban J connectivity index is 2.08. The number of rotatable bonds is 12. The lowest BCUT2D eigenvalue weighted by molar-refractivity contribution is -0.384. The summed E-state index contributed by atoms with van der Waals surface area (Å²) in [5, 5.41) is 14.9. The van der Waals surface area contributed by atoms with E-state index in [9.17, 15) is 28.1 Å². The summed E-state index contributed by atoms with van der Waals surface area (Å²) in [6.45, 7) is 4.38. The van der Waals surface area contributed by atoms with Crippen molar-refractivity contribution in [1.29, 1.82) is 0 Å². The summed E-state index contributed by atoms with van der Waals surface area (Å²) in [4.78, 5) is 39.0. The molecule has 0 bridgehead atoms. The van der Waals surface area contributed by atoms with Crippen LogP contribution in [0.25, 0.3) is 0 Å². The number of anilines is 1. The highest BCUT2D eigenvalue weighted by Crippen LogP contribution is 2.28. The number of non-ortho nitro benzene ring substituents is 1. The van der Waals surface area contributed by atoms with E-state index in [0.29, 0.717) is 17.0 Å². The van der Waals surface area contributed by atoms with Crippen LogP contribution in [-0.4, -0.2) is 48.7 Å². The summed E-state index contributed by atoms with van der Waals surface area (Å²) in [7, 11) is -4.36. The standard InChI is InChI=1S/C28H30Cl2N4O6S/c1-4-19(2)31-28(36)20(3)32(17-21-13-14-22(29)15-26(21)30)27(35)18-33(23-9-8-10-24(16-23)34(37)38)41(39,40)25-11-6-5-7-12-25/h5-16,19-20H,4,17-18H2,1-3H3,(H,31,36)/t19-,20-/m0/s1. The van der Waals surface area contributed by atoms with Gasteiger partial charge in [-0.2, -0.15) is 0 Å². The Labute approximate surface area is 249 Å². The summed E-state index contributed by atoms with van der Waals surface area (Å²) in [6.07, 6.45) is 0.658. The van der Waals surface area contributed by atoms with E-state index in [-0.39, 0.29) is 33.9 Å². The monoisotopic (exact) mass is 620 g/mol. The van der Waals surface area contributed by atoms with Crippen molar-refractivity contribution in [3.63, 3.8) is 0 Å². The number of nitrogens with zero attached hydrogens (tertiary/aromatic N) is 3. The molecular weight excluding hydrogens is 591 g/mol. The van der Waals surface area contributed by atoms with Crippen LogP contribution >= 0.6 is 23.2 Å². The first-order chi connectivity index (χ1) is 19.3. The molecule has 10 nitrogen and oxygen atoms in total. The third-order valence-electron chi connectivity index (χ3n) is 6.46. The summed E-state index contributed by atoms with van der Waals surface area (Å²) >= 11 is 12.4. The van der Waals surface area contributed by atoms with Crippen LogP contribution in [0.1, 0.15) is 32.8 Å². The lowest BCUT2D eigenvalue weighted by Gasteiger charge is -2.32. The van der Waals surface area contributed by atoms with Crippen molar-refractivity contribution < 1.29 is 22.9 Å². The van der Waals surface area contributed by atoms with Crippen molar-refractivity contribution >= 4 is 56.4 Å². The maximum Gasteiger partial charge on any atom is 0.271 e. The molecule has 3 aromatic rings. The van der Waals surface area contributed by atoms with Crippen LogP contribution in [0.3, 0.4) is 0 Å². The SMILES string of the molecule is CC[C@H](C)NC(=O)[C@H](C)N(Cc1ccc(Cl)cc1Cl)C(=O)CN(c1cccc([N+](=O)[O-])c1)S(=O)(=O)c1ccccc1. The fraction of sp³-hybridized carbons (Fsp3) is 0.286. The number of nitro benzene ring substituents is 1. The molecular formula is C28H30Cl2N4O6S. The molecule has 218 valence electrons. The van der Waals surface area contributed by atoms with Crippen molar-refractivity contribution in [2.24, 2.45) is 0 Å². The van der Waals surface area contributed by atoms with Crippen molar-refractivity contribution in [1.82, 2.24) is 10.2 Å². The minimum absolute atomic E-state index is 0.0856. The van der Waals surface area contributed by atoms with E-state index in [1.54, 1.807) is 18.2 Å². The zero-order chi connectivity index (χ0) is 30.3. The van der Waals surface area contributed by atoms with Crippen LogP contribution in [0, 0.1) is 10.1 Å². The Kier molecular flexibility index (Phi) is 10.7. The Bertz CT molecular complexity index is 1520. The van der Waals surface area contributed by atoms with Crippen molar-refractivity contribution in [2.75, 3.05) is 10.8 Å². The number of carbonyl (C=O) groups excluding carboxylic acids is 2. The first-order valence-corrected chi connectivity index (χ1v) is 14.9. The number of carbonyl (C=O) groups is 2. The van der Waals surface area contributed by atoms with Crippen LogP contribution < -0.4 is 9.62 Å². The number of nitrogens with one attached hydrogen (secondary N) is 1. The summed E-state index contributed by atoms with van der Waals surface area (Å²) < 4.78 is 28.4. The molecule has 0 aromatic heterocycles. The third-order valence-corrected chi connectivity index (χ3v) is 8.84. The summed E-state index contributed by atoms with van der Waals surface area (Å²) in [5.41, 5.74) is 0.0484. The molecule has 0 fully saturated rings. The highest BCUT2D eigenvalue weighted by atomic mass is 35.5. The largest absolute Gasteiger partial charge is 0.352 e. The van der Waals surface area contributed by atoms with E-state index in [0.717, 1.165) is 10.4 Å². The smallest absolute Gasteiger partial charge is 0.271 e. The molecule has 0 heterocycles. The van der Waals surface area contributed by atoms with Crippen LogP contribution in [0.15, 0.2) is 77.7 Å². The molecule has 0 aliphatic heterocycles. The molecule has 3 rings (SSSR count). The number of nitro groups is 1. The van der Waals surface area contributed by atoms with Crippen LogP contribution in [-0.2, 0) is 26.2 Å². The average molecular weight is 622 g/mol. The zero-order valence-corrected chi connectivity index (χ0v) is 25.0. The van der Waals surface area contributed by atoms with E-state index in [4.69, 9.17) is 23.2 Å². The molecule has 0 radical (unpaired) electrons. The van der Waals surface area contributed by atoms with E-state index in [1.807, 2.05) is 13.8 Å². The second kappa shape index (κ2) is 13.8. The van der Waals surface area contributed by atoms with E-state index in [2.05, 4.69) is 5.32 Å². The van der Waals surface area contributed by atoms with Gasteiger partial charge in [-0.1, -0.05) is 60.5 Å². The first-order valence-electron chi connectivity index (χ1n) is 12.7. The molecule has 0 aliphatic carbocycles. The molecule has 0 saturated heterocycles. The highest BCUT2D eigenvalue weighted by molar-refractivity contribution is 7.92. The quantitative estimate of drug-likeness (QED) is 0.212. The van der Waals surface area contributed by atoms with Gasteiger partial charge in [0.25, 0.3) is 15.7 Å².